The molecule has 1 unspecified atom stereocenters. The molecule has 1 fully saturated rings. The minimum absolute atomic E-state index is 0.0245. The molecule has 0 bridgehead atoms. The highest BCUT2D eigenvalue weighted by molar-refractivity contribution is 5.45. The fraction of sp³-hybridized carbons (Fsp3) is 0.105. The molecular weight excluding hydrogens is 258 g/mol. The summed E-state index contributed by atoms with van der Waals surface area (Å²) < 4.78 is 6.20. The largest absolute Gasteiger partial charge is 0.349 e. The van der Waals surface area contributed by atoms with Crippen LogP contribution >= 0.6 is 0 Å². The summed E-state index contributed by atoms with van der Waals surface area (Å²) in [4.78, 5) is 4.46. The maximum Gasteiger partial charge on any atom is 0.151 e. The molecule has 2 heterocycles. The molecule has 0 aliphatic carbocycles. The smallest absolute Gasteiger partial charge is 0.151 e. The van der Waals surface area contributed by atoms with E-state index in [1.54, 1.807) is 0 Å². The van der Waals surface area contributed by atoms with E-state index in [9.17, 15) is 0 Å². The quantitative estimate of drug-likeness (QED) is 0.671. The first-order chi connectivity index (χ1) is 10.4. The molecule has 1 atom stereocenters. The zero-order chi connectivity index (χ0) is 14.1. The summed E-state index contributed by atoms with van der Waals surface area (Å²) in [5, 5.41) is 0. The molecule has 102 valence electrons. The first-order valence-electron chi connectivity index (χ1n) is 7.11. The van der Waals surface area contributed by atoms with E-state index in [4.69, 9.17) is 4.74 Å². The first-order valence-corrected chi connectivity index (χ1v) is 7.11. The summed E-state index contributed by atoms with van der Waals surface area (Å²) >= 11 is 0. The molecule has 2 aromatic carbocycles. The average Bonchev–Trinajstić information content (AvgIpc) is 3.34. The van der Waals surface area contributed by atoms with Gasteiger partial charge in [0.15, 0.2) is 5.60 Å². The molecule has 0 spiro atoms. The molecule has 0 amide bonds. The number of pyridine rings is 1. The molecule has 4 rings (SSSR count). The third-order valence-corrected chi connectivity index (χ3v) is 3.98. The number of ether oxygens (including phenoxy) is 1. The van der Waals surface area contributed by atoms with Gasteiger partial charge in [-0.25, -0.2) is 0 Å². The van der Waals surface area contributed by atoms with Crippen molar-refractivity contribution in [3.63, 3.8) is 0 Å². The Balaban J connectivity index is 1.83. The summed E-state index contributed by atoms with van der Waals surface area (Å²) in [6, 6.07) is 26.7. The number of hydrogen-bond donors (Lipinski definition) is 0. The lowest BCUT2D eigenvalue weighted by molar-refractivity contribution is 0.327. The Morgan fingerprint density at radius 2 is 1.29 bits per heavy atom. The SMILES string of the molecule is c1ccc(C2(c3ccccc3)OC2c2ccccn2)cc1. The highest BCUT2D eigenvalue weighted by Crippen LogP contribution is 2.60. The summed E-state index contributed by atoms with van der Waals surface area (Å²) in [5.74, 6) is 0. The second kappa shape index (κ2) is 4.83. The Bertz CT molecular complexity index is 686. The van der Waals surface area contributed by atoms with Gasteiger partial charge in [0.1, 0.15) is 6.10 Å². The second-order valence-corrected chi connectivity index (χ2v) is 5.22. The second-order valence-electron chi connectivity index (χ2n) is 5.22. The van der Waals surface area contributed by atoms with Gasteiger partial charge in [0.05, 0.1) is 5.69 Å². The van der Waals surface area contributed by atoms with E-state index in [2.05, 4.69) is 53.5 Å². The van der Waals surface area contributed by atoms with Crippen LogP contribution in [0.15, 0.2) is 85.1 Å². The van der Waals surface area contributed by atoms with Crippen molar-refractivity contribution in [2.24, 2.45) is 0 Å². The average molecular weight is 273 g/mol. The minimum atomic E-state index is -0.406. The Kier molecular flexibility index (Phi) is 2.83. The number of epoxide rings is 1. The van der Waals surface area contributed by atoms with Gasteiger partial charge in [-0.05, 0) is 23.3 Å². The molecule has 0 saturated carbocycles. The standard InChI is InChI=1S/C19H15NO/c1-3-9-15(10-4-1)19(16-11-5-2-6-12-16)18(21-19)17-13-7-8-14-20-17/h1-14,18H. The summed E-state index contributed by atoms with van der Waals surface area (Å²) in [5.41, 5.74) is 2.92. The van der Waals surface area contributed by atoms with Gasteiger partial charge in [0.2, 0.25) is 0 Å². The van der Waals surface area contributed by atoms with Crippen molar-refractivity contribution in [1.82, 2.24) is 4.98 Å². The van der Waals surface area contributed by atoms with Crippen molar-refractivity contribution in [3.05, 3.63) is 102 Å². The van der Waals surface area contributed by atoms with Crippen molar-refractivity contribution in [1.29, 1.82) is 0 Å². The van der Waals surface area contributed by atoms with Crippen LogP contribution < -0.4 is 0 Å². The van der Waals surface area contributed by atoms with Crippen molar-refractivity contribution in [3.8, 4) is 0 Å². The van der Waals surface area contributed by atoms with E-state index in [0.29, 0.717) is 0 Å². The van der Waals surface area contributed by atoms with Gasteiger partial charge < -0.3 is 4.74 Å². The van der Waals surface area contributed by atoms with Crippen LogP contribution in [0.2, 0.25) is 0 Å². The van der Waals surface area contributed by atoms with Crippen LogP contribution in [-0.4, -0.2) is 4.98 Å². The maximum atomic E-state index is 6.20. The normalized spacial score (nSPS) is 19.1. The van der Waals surface area contributed by atoms with E-state index >= 15 is 0 Å². The molecule has 2 heteroatoms. The summed E-state index contributed by atoms with van der Waals surface area (Å²) in [7, 11) is 0. The fourth-order valence-electron chi connectivity index (χ4n) is 2.93. The third kappa shape index (κ3) is 1.96. The van der Waals surface area contributed by atoms with Crippen molar-refractivity contribution in [2.45, 2.75) is 11.7 Å². The zero-order valence-electron chi connectivity index (χ0n) is 11.5. The lowest BCUT2D eigenvalue weighted by atomic mass is 9.87. The highest BCUT2D eigenvalue weighted by Gasteiger charge is 2.60. The van der Waals surface area contributed by atoms with Crippen LogP contribution in [-0.2, 0) is 10.3 Å². The molecule has 1 aromatic heterocycles. The van der Waals surface area contributed by atoms with Crippen molar-refractivity contribution in [2.75, 3.05) is 0 Å². The van der Waals surface area contributed by atoms with Crippen LogP contribution in [0.25, 0.3) is 0 Å². The van der Waals surface area contributed by atoms with Gasteiger partial charge in [-0.2, -0.15) is 0 Å². The summed E-state index contributed by atoms with van der Waals surface area (Å²) in [6.07, 6.45) is 1.79. The predicted molar refractivity (Wildman–Crippen MR) is 81.7 cm³/mol. The number of aromatic nitrogens is 1. The van der Waals surface area contributed by atoms with Crippen LogP contribution in [0.4, 0.5) is 0 Å². The Labute approximate surface area is 124 Å². The molecule has 1 aliphatic rings. The highest BCUT2D eigenvalue weighted by atomic mass is 16.6. The fourth-order valence-corrected chi connectivity index (χ4v) is 2.93. The molecule has 21 heavy (non-hydrogen) atoms. The van der Waals surface area contributed by atoms with Gasteiger partial charge in [0.25, 0.3) is 0 Å². The molecule has 2 nitrogen and oxygen atoms in total. The number of nitrogens with zero attached hydrogens (tertiary/aromatic N) is 1. The zero-order valence-corrected chi connectivity index (χ0v) is 11.5. The molecule has 0 radical (unpaired) electrons. The maximum absolute atomic E-state index is 6.20. The number of rotatable bonds is 3. The van der Waals surface area contributed by atoms with E-state index in [0.717, 1.165) is 5.69 Å². The number of benzene rings is 2. The predicted octanol–water partition coefficient (Wildman–Crippen LogP) is 4.10. The Hall–Kier alpha value is -2.45. The molecule has 3 aromatic rings. The van der Waals surface area contributed by atoms with Crippen LogP contribution in [0, 0.1) is 0 Å². The van der Waals surface area contributed by atoms with E-state index in [-0.39, 0.29) is 6.10 Å². The number of hydrogen-bond acceptors (Lipinski definition) is 2. The minimum Gasteiger partial charge on any atom is -0.349 e. The van der Waals surface area contributed by atoms with E-state index < -0.39 is 5.60 Å². The Morgan fingerprint density at radius 1 is 0.714 bits per heavy atom. The van der Waals surface area contributed by atoms with Gasteiger partial charge in [-0.1, -0.05) is 66.7 Å². The summed E-state index contributed by atoms with van der Waals surface area (Å²) in [6.45, 7) is 0. The Morgan fingerprint density at radius 3 is 1.81 bits per heavy atom. The van der Waals surface area contributed by atoms with Crippen LogP contribution in [0.1, 0.15) is 22.9 Å². The van der Waals surface area contributed by atoms with Gasteiger partial charge in [0, 0.05) is 6.20 Å². The molecule has 0 N–H and O–H groups in total. The monoisotopic (exact) mass is 273 g/mol. The van der Waals surface area contributed by atoms with E-state index in [1.807, 2.05) is 36.5 Å². The first kappa shape index (κ1) is 12.3. The van der Waals surface area contributed by atoms with E-state index in [1.165, 1.54) is 11.1 Å². The van der Waals surface area contributed by atoms with Gasteiger partial charge in [-0.3, -0.25) is 4.98 Å². The molecule has 1 aliphatic heterocycles. The molecular formula is C19H15NO. The van der Waals surface area contributed by atoms with Crippen molar-refractivity contribution >= 4 is 0 Å². The lowest BCUT2D eigenvalue weighted by Crippen LogP contribution is -2.12. The van der Waals surface area contributed by atoms with Crippen molar-refractivity contribution < 1.29 is 4.74 Å². The van der Waals surface area contributed by atoms with Crippen LogP contribution in [0.3, 0.4) is 0 Å². The van der Waals surface area contributed by atoms with Gasteiger partial charge in [-0.15, -0.1) is 0 Å². The third-order valence-electron chi connectivity index (χ3n) is 3.98. The van der Waals surface area contributed by atoms with Gasteiger partial charge >= 0.3 is 0 Å². The molecule has 1 saturated heterocycles. The van der Waals surface area contributed by atoms with Crippen LogP contribution in [0.5, 0.6) is 0 Å². The lowest BCUT2D eigenvalue weighted by Gasteiger charge is -2.14. The topological polar surface area (TPSA) is 25.4 Å².